The fraction of sp³-hybridized carbons (Fsp3) is 0.211. The first-order valence-corrected chi connectivity index (χ1v) is 10.1. The number of hydrogen-bond donors (Lipinski definition) is 1. The number of benzene rings is 2. The Balaban J connectivity index is 1.58. The van der Waals surface area contributed by atoms with Gasteiger partial charge in [-0.05, 0) is 36.8 Å². The number of methoxy groups -OCH3 is 1. The Morgan fingerprint density at radius 3 is 2.79 bits per heavy atom. The molecule has 0 spiro atoms. The highest BCUT2D eigenvalue weighted by Crippen LogP contribution is 2.30. The van der Waals surface area contributed by atoms with Crippen molar-refractivity contribution in [3.05, 3.63) is 58.1 Å². The van der Waals surface area contributed by atoms with Gasteiger partial charge in [-0.3, -0.25) is 4.79 Å². The molecule has 1 aromatic heterocycles. The number of carbonyl (C=O) groups is 1. The summed E-state index contributed by atoms with van der Waals surface area (Å²) in [6, 6.07) is 12.3. The Bertz CT molecular complexity index is 981. The van der Waals surface area contributed by atoms with E-state index in [-0.39, 0.29) is 17.7 Å². The Morgan fingerprint density at radius 2 is 2.04 bits per heavy atom. The summed E-state index contributed by atoms with van der Waals surface area (Å²) in [5, 5.41) is 12.2. The molecule has 0 radical (unpaired) electrons. The standard InChI is InChI=1S/C19H17Cl2N3O3S/c1-11(13-8-7-12(20)9-15(13)21)22-17(25)10-28-19-24-23-18(27-19)14-5-3-4-6-16(14)26-2/h3-9,11H,10H2,1-2H3,(H,22,25). The van der Waals surface area contributed by atoms with Crippen LogP contribution in [0.3, 0.4) is 0 Å². The fourth-order valence-corrected chi connectivity index (χ4v) is 3.69. The van der Waals surface area contributed by atoms with Crippen molar-refractivity contribution in [1.82, 2.24) is 15.5 Å². The zero-order chi connectivity index (χ0) is 20.1. The highest BCUT2D eigenvalue weighted by molar-refractivity contribution is 7.99. The summed E-state index contributed by atoms with van der Waals surface area (Å²) in [7, 11) is 1.57. The van der Waals surface area contributed by atoms with E-state index in [4.69, 9.17) is 32.4 Å². The first-order valence-electron chi connectivity index (χ1n) is 8.32. The molecule has 1 unspecified atom stereocenters. The van der Waals surface area contributed by atoms with E-state index in [1.165, 1.54) is 0 Å². The third-order valence-corrected chi connectivity index (χ3v) is 5.26. The number of ether oxygens (including phenoxy) is 1. The molecular weight excluding hydrogens is 421 g/mol. The third kappa shape index (κ3) is 4.98. The van der Waals surface area contributed by atoms with Crippen LogP contribution in [0.25, 0.3) is 11.5 Å². The van der Waals surface area contributed by atoms with Crippen molar-refractivity contribution in [2.45, 2.75) is 18.2 Å². The van der Waals surface area contributed by atoms with Gasteiger partial charge in [0.2, 0.25) is 5.91 Å². The quantitative estimate of drug-likeness (QED) is 0.522. The van der Waals surface area contributed by atoms with Crippen molar-refractivity contribution in [1.29, 1.82) is 0 Å². The maximum absolute atomic E-state index is 12.2. The molecule has 9 heteroatoms. The second kappa shape index (κ2) is 9.32. The summed E-state index contributed by atoms with van der Waals surface area (Å²) < 4.78 is 10.9. The van der Waals surface area contributed by atoms with Crippen molar-refractivity contribution in [2.24, 2.45) is 0 Å². The molecule has 1 atom stereocenters. The highest BCUT2D eigenvalue weighted by Gasteiger charge is 2.16. The minimum atomic E-state index is -0.260. The van der Waals surface area contributed by atoms with Crippen LogP contribution < -0.4 is 10.1 Å². The van der Waals surface area contributed by atoms with Crippen molar-refractivity contribution < 1.29 is 13.9 Å². The lowest BCUT2D eigenvalue weighted by Gasteiger charge is -2.15. The van der Waals surface area contributed by atoms with Crippen LogP contribution in [0.5, 0.6) is 5.75 Å². The molecule has 1 amide bonds. The van der Waals surface area contributed by atoms with Crippen molar-refractivity contribution in [3.63, 3.8) is 0 Å². The van der Waals surface area contributed by atoms with Crippen LogP contribution in [0.15, 0.2) is 52.1 Å². The van der Waals surface area contributed by atoms with Crippen molar-refractivity contribution in [2.75, 3.05) is 12.9 Å². The number of nitrogens with one attached hydrogen (secondary N) is 1. The fourth-order valence-electron chi connectivity index (χ4n) is 2.54. The molecule has 28 heavy (non-hydrogen) atoms. The zero-order valence-electron chi connectivity index (χ0n) is 15.1. The molecule has 3 aromatic rings. The van der Waals surface area contributed by atoms with Gasteiger partial charge in [-0.2, -0.15) is 0 Å². The predicted molar refractivity (Wildman–Crippen MR) is 110 cm³/mol. The van der Waals surface area contributed by atoms with Gasteiger partial charge in [0.25, 0.3) is 11.1 Å². The molecule has 1 heterocycles. The summed E-state index contributed by atoms with van der Waals surface area (Å²) in [5.74, 6) is 0.916. The summed E-state index contributed by atoms with van der Waals surface area (Å²) in [4.78, 5) is 12.2. The maximum Gasteiger partial charge on any atom is 0.277 e. The molecule has 6 nitrogen and oxygen atoms in total. The van der Waals surface area contributed by atoms with Gasteiger partial charge in [0.1, 0.15) is 5.75 Å². The van der Waals surface area contributed by atoms with E-state index in [1.54, 1.807) is 25.3 Å². The Hall–Kier alpha value is -2.22. The van der Waals surface area contributed by atoms with Gasteiger partial charge in [0.05, 0.1) is 24.5 Å². The normalized spacial score (nSPS) is 11.9. The van der Waals surface area contributed by atoms with E-state index in [0.29, 0.717) is 32.5 Å². The molecule has 0 aliphatic heterocycles. The van der Waals surface area contributed by atoms with Gasteiger partial charge in [-0.25, -0.2) is 0 Å². The number of thioether (sulfide) groups is 1. The molecule has 3 rings (SSSR count). The zero-order valence-corrected chi connectivity index (χ0v) is 17.4. The smallest absolute Gasteiger partial charge is 0.277 e. The van der Waals surface area contributed by atoms with E-state index in [1.807, 2.05) is 31.2 Å². The van der Waals surface area contributed by atoms with E-state index in [9.17, 15) is 4.79 Å². The largest absolute Gasteiger partial charge is 0.496 e. The summed E-state index contributed by atoms with van der Waals surface area (Å²) in [5.41, 5.74) is 1.49. The molecule has 0 bridgehead atoms. The van der Waals surface area contributed by atoms with Crippen LogP contribution in [0.2, 0.25) is 10.0 Å². The Morgan fingerprint density at radius 1 is 1.25 bits per heavy atom. The van der Waals surface area contributed by atoms with Crippen LogP contribution in [0, 0.1) is 0 Å². The number of halogens is 2. The van der Waals surface area contributed by atoms with Gasteiger partial charge in [0.15, 0.2) is 0 Å². The molecule has 0 saturated carbocycles. The summed E-state index contributed by atoms with van der Waals surface area (Å²) in [6.45, 7) is 1.85. The number of rotatable bonds is 7. The second-order valence-corrected chi connectivity index (χ2v) is 7.59. The Labute approximate surface area is 176 Å². The summed E-state index contributed by atoms with van der Waals surface area (Å²) in [6.07, 6.45) is 0. The van der Waals surface area contributed by atoms with Crippen molar-refractivity contribution in [3.8, 4) is 17.2 Å². The first-order chi connectivity index (χ1) is 13.5. The number of hydrogen-bond acceptors (Lipinski definition) is 6. The average Bonchev–Trinajstić information content (AvgIpc) is 3.15. The molecule has 0 aliphatic carbocycles. The number of aromatic nitrogens is 2. The van der Waals surface area contributed by atoms with Gasteiger partial charge < -0.3 is 14.5 Å². The van der Waals surface area contributed by atoms with Crippen LogP contribution in [0.4, 0.5) is 0 Å². The van der Waals surface area contributed by atoms with E-state index >= 15 is 0 Å². The van der Waals surface area contributed by atoms with Crippen LogP contribution >= 0.6 is 35.0 Å². The molecule has 0 fully saturated rings. The molecule has 0 saturated heterocycles. The number of carbonyl (C=O) groups excluding carboxylic acids is 1. The molecule has 1 N–H and O–H groups in total. The van der Waals surface area contributed by atoms with E-state index in [0.717, 1.165) is 17.3 Å². The lowest BCUT2D eigenvalue weighted by Crippen LogP contribution is -2.28. The molecule has 0 aliphatic rings. The maximum atomic E-state index is 12.2. The average molecular weight is 438 g/mol. The number of amides is 1. The second-order valence-electron chi connectivity index (χ2n) is 5.82. The van der Waals surface area contributed by atoms with E-state index < -0.39 is 0 Å². The van der Waals surface area contributed by atoms with Crippen molar-refractivity contribution >= 4 is 40.9 Å². The van der Waals surface area contributed by atoms with Gasteiger partial charge in [-0.15, -0.1) is 10.2 Å². The van der Waals surface area contributed by atoms with Crippen LogP contribution in [0.1, 0.15) is 18.5 Å². The third-order valence-electron chi connectivity index (χ3n) is 3.88. The minimum absolute atomic E-state index is 0.128. The highest BCUT2D eigenvalue weighted by atomic mass is 35.5. The van der Waals surface area contributed by atoms with Gasteiger partial charge in [-0.1, -0.05) is 53.2 Å². The monoisotopic (exact) mass is 437 g/mol. The number of para-hydroxylation sites is 1. The van der Waals surface area contributed by atoms with Crippen LogP contribution in [-0.4, -0.2) is 29.0 Å². The van der Waals surface area contributed by atoms with E-state index in [2.05, 4.69) is 15.5 Å². The van der Waals surface area contributed by atoms with Crippen LogP contribution in [-0.2, 0) is 4.79 Å². The number of nitrogens with zero attached hydrogens (tertiary/aromatic N) is 2. The lowest BCUT2D eigenvalue weighted by atomic mass is 10.1. The molecular formula is C19H17Cl2N3O3S. The summed E-state index contributed by atoms with van der Waals surface area (Å²) >= 11 is 13.2. The SMILES string of the molecule is COc1ccccc1-c1nnc(SCC(=O)NC(C)c2ccc(Cl)cc2Cl)o1. The topological polar surface area (TPSA) is 77.2 Å². The Kier molecular flexibility index (Phi) is 6.83. The molecule has 146 valence electrons. The van der Waals surface area contributed by atoms with Gasteiger partial charge >= 0.3 is 0 Å². The van der Waals surface area contributed by atoms with Gasteiger partial charge in [0, 0.05) is 10.0 Å². The minimum Gasteiger partial charge on any atom is -0.496 e. The molecule has 2 aromatic carbocycles. The first kappa shape index (κ1) is 20.5. The lowest BCUT2D eigenvalue weighted by molar-refractivity contribution is -0.119. The predicted octanol–water partition coefficient (Wildman–Crippen LogP) is 5.02.